The van der Waals surface area contributed by atoms with Crippen molar-refractivity contribution in [1.82, 2.24) is 4.98 Å². The molecule has 0 bridgehead atoms. The van der Waals surface area contributed by atoms with Crippen molar-refractivity contribution in [3.8, 4) is 0 Å². The molecule has 2 N–H and O–H groups in total. The maximum absolute atomic E-state index is 12.7. The van der Waals surface area contributed by atoms with Crippen LogP contribution in [0.5, 0.6) is 0 Å². The van der Waals surface area contributed by atoms with Gasteiger partial charge in [0.1, 0.15) is 5.82 Å². The molecule has 0 saturated carbocycles. The number of hydrogen-bond acceptors (Lipinski definition) is 3. The largest absolute Gasteiger partial charge is 0.382 e. The fourth-order valence-electron chi connectivity index (χ4n) is 2.58. The summed E-state index contributed by atoms with van der Waals surface area (Å²) >= 11 is 5.94. The molecule has 1 atom stereocenters. The van der Waals surface area contributed by atoms with E-state index in [0.29, 0.717) is 10.6 Å². The van der Waals surface area contributed by atoms with Gasteiger partial charge in [0, 0.05) is 17.9 Å². The van der Waals surface area contributed by atoms with Gasteiger partial charge in [-0.25, -0.2) is 4.98 Å². The summed E-state index contributed by atoms with van der Waals surface area (Å²) in [5.74, 6) is 0.134. The van der Waals surface area contributed by atoms with Gasteiger partial charge in [0.15, 0.2) is 0 Å². The Bertz CT molecular complexity index is 687. The molecular formula is C15H14ClN3O. The number of rotatable bonds is 1. The smallest absolute Gasteiger partial charge is 0.260 e. The van der Waals surface area contributed by atoms with Gasteiger partial charge in [0.05, 0.1) is 10.6 Å². The first-order chi connectivity index (χ1) is 9.58. The third kappa shape index (κ3) is 2.02. The van der Waals surface area contributed by atoms with Crippen molar-refractivity contribution in [2.75, 3.05) is 10.6 Å². The van der Waals surface area contributed by atoms with E-state index in [1.54, 1.807) is 11.0 Å². The summed E-state index contributed by atoms with van der Waals surface area (Å²) < 4.78 is 0. The molecule has 0 saturated heterocycles. The number of pyridine rings is 1. The number of carbonyl (C=O) groups excluding carboxylic acids is 1. The number of aromatic nitrogens is 1. The standard InChI is InChI=1S/C15H14ClN3O/c1-9-6-10-4-2-3-5-13(10)19(9)15(20)11-7-12(16)14(17)18-8-11/h2-5,7-9H,6H2,1H3,(H2,17,18). The number of para-hydroxylation sites is 1. The van der Waals surface area contributed by atoms with Gasteiger partial charge < -0.3 is 10.6 Å². The van der Waals surface area contributed by atoms with E-state index in [2.05, 4.69) is 4.98 Å². The van der Waals surface area contributed by atoms with Gasteiger partial charge in [-0.15, -0.1) is 0 Å². The third-order valence-corrected chi connectivity index (χ3v) is 3.85. The molecule has 2 aromatic rings. The van der Waals surface area contributed by atoms with Crippen molar-refractivity contribution in [2.45, 2.75) is 19.4 Å². The second-order valence-corrected chi connectivity index (χ2v) is 5.36. The van der Waals surface area contributed by atoms with E-state index in [1.165, 1.54) is 11.8 Å². The molecule has 1 aliphatic rings. The lowest BCUT2D eigenvalue weighted by atomic mass is 10.1. The van der Waals surface area contributed by atoms with Crippen LogP contribution in [0.25, 0.3) is 0 Å². The van der Waals surface area contributed by atoms with Crippen molar-refractivity contribution >= 4 is 29.0 Å². The zero-order valence-corrected chi connectivity index (χ0v) is 11.8. The van der Waals surface area contributed by atoms with E-state index in [9.17, 15) is 4.79 Å². The molecule has 1 amide bonds. The van der Waals surface area contributed by atoms with Gasteiger partial charge >= 0.3 is 0 Å². The van der Waals surface area contributed by atoms with Crippen LogP contribution in [0, 0.1) is 0 Å². The van der Waals surface area contributed by atoms with Gasteiger partial charge in [-0.1, -0.05) is 29.8 Å². The quantitative estimate of drug-likeness (QED) is 0.877. The Balaban J connectivity index is 2.00. The van der Waals surface area contributed by atoms with Crippen LogP contribution in [-0.4, -0.2) is 16.9 Å². The third-order valence-electron chi connectivity index (χ3n) is 3.54. The molecule has 1 aromatic heterocycles. The Morgan fingerprint density at radius 2 is 2.20 bits per heavy atom. The Morgan fingerprint density at radius 1 is 1.45 bits per heavy atom. The number of nitrogens with zero attached hydrogens (tertiary/aromatic N) is 2. The Labute approximate surface area is 122 Å². The van der Waals surface area contributed by atoms with Crippen molar-refractivity contribution < 1.29 is 4.79 Å². The predicted octanol–water partition coefficient (Wildman–Crippen LogP) is 2.91. The molecule has 0 aliphatic carbocycles. The minimum Gasteiger partial charge on any atom is -0.382 e. The number of amides is 1. The van der Waals surface area contributed by atoms with E-state index in [4.69, 9.17) is 17.3 Å². The highest BCUT2D eigenvalue weighted by atomic mass is 35.5. The number of nitrogen functional groups attached to an aromatic ring is 1. The van der Waals surface area contributed by atoms with Crippen LogP contribution in [0.4, 0.5) is 11.5 Å². The molecule has 1 aliphatic heterocycles. The van der Waals surface area contributed by atoms with Gasteiger partial charge in [-0.3, -0.25) is 4.79 Å². The van der Waals surface area contributed by atoms with Gasteiger partial charge in [0.25, 0.3) is 5.91 Å². The van der Waals surface area contributed by atoms with Crippen LogP contribution in [0.3, 0.4) is 0 Å². The number of hydrogen-bond donors (Lipinski definition) is 1. The highest BCUT2D eigenvalue weighted by molar-refractivity contribution is 6.33. The summed E-state index contributed by atoms with van der Waals surface area (Å²) in [6.45, 7) is 2.03. The Morgan fingerprint density at radius 3 is 2.95 bits per heavy atom. The molecule has 5 heteroatoms. The first-order valence-electron chi connectivity index (χ1n) is 6.40. The summed E-state index contributed by atoms with van der Waals surface area (Å²) in [5.41, 5.74) is 8.17. The molecule has 2 heterocycles. The number of nitrogens with two attached hydrogens (primary N) is 1. The number of fused-ring (bicyclic) bond motifs is 1. The zero-order chi connectivity index (χ0) is 14.3. The first kappa shape index (κ1) is 12.9. The first-order valence-corrected chi connectivity index (χ1v) is 6.78. The minimum absolute atomic E-state index is 0.100. The second-order valence-electron chi connectivity index (χ2n) is 4.95. The molecule has 0 fully saturated rings. The second kappa shape index (κ2) is 4.80. The number of benzene rings is 1. The number of carbonyl (C=O) groups is 1. The maximum atomic E-state index is 12.7. The molecule has 20 heavy (non-hydrogen) atoms. The van der Waals surface area contributed by atoms with E-state index in [-0.39, 0.29) is 17.8 Å². The monoisotopic (exact) mass is 287 g/mol. The van der Waals surface area contributed by atoms with Crippen LogP contribution >= 0.6 is 11.6 Å². The highest BCUT2D eigenvalue weighted by Crippen LogP contribution is 2.33. The van der Waals surface area contributed by atoms with Gasteiger partial charge in [0.2, 0.25) is 0 Å². The van der Waals surface area contributed by atoms with Gasteiger partial charge in [-0.2, -0.15) is 0 Å². The number of halogens is 1. The minimum atomic E-state index is -0.100. The fourth-order valence-corrected chi connectivity index (χ4v) is 2.75. The fraction of sp³-hybridized carbons (Fsp3) is 0.200. The lowest BCUT2D eigenvalue weighted by Gasteiger charge is -2.22. The molecule has 0 spiro atoms. The van der Waals surface area contributed by atoms with E-state index < -0.39 is 0 Å². The molecule has 3 rings (SSSR count). The normalized spacial score (nSPS) is 17.1. The summed E-state index contributed by atoms with van der Waals surface area (Å²) in [6, 6.07) is 9.62. The summed E-state index contributed by atoms with van der Waals surface area (Å²) in [7, 11) is 0. The van der Waals surface area contributed by atoms with E-state index >= 15 is 0 Å². The molecule has 1 aromatic carbocycles. The maximum Gasteiger partial charge on any atom is 0.260 e. The van der Waals surface area contributed by atoms with E-state index in [0.717, 1.165) is 12.1 Å². The Hall–Kier alpha value is -2.07. The average Bonchev–Trinajstić information content (AvgIpc) is 2.77. The van der Waals surface area contributed by atoms with Gasteiger partial charge in [-0.05, 0) is 31.0 Å². The van der Waals surface area contributed by atoms with Crippen LogP contribution in [0.2, 0.25) is 5.02 Å². The van der Waals surface area contributed by atoms with Crippen LogP contribution in [-0.2, 0) is 6.42 Å². The molecule has 1 unspecified atom stereocenters. The highest BCUT2D eigenvalue weighted by Gasteiger charge is 2.31. The SMILES string of the molecule is CC1Cc2ccccc2N1C(=O)c1cnc(N)c(Cl)c1. The number of anilines is 2. The summed E-state index contributed by atoms with van der Waals surface area (Å²) in [5, 5.41) is 0.302. The van der Waals surface area contributed by atoms with Crippen molar-refractivity contribution in [1.29, 1.82) is 0 Å². The summed E-state index contributed by atoms with van der Waals surface area (Å²) in [4.78, 5) is 18.4. The molecule has 4 nitrogen and oxygen atoms in total. The predicted molar refractivity (Wildman–Crippen MR) is 80.1 cm³/mol. The van der Waals surface area contributed by atoms with Crippen molar-refractivity contribution in [3.63, 3.8) is 0 Å². The zero-order valence-electron chi connectivity index (χ0n) is 11.0. The topological polar surface area (TPSA) is 59.2 Å². The van der Waals surface area contributed by atoms with Crippen molar-refractivity contribution in [2.24, 2.45) is 0 Å². The average molecular weight is 288 g/mol. The van der Waals surface area contributed by atoms with Crippen LogP contribution < -0.4 is 10.6 Å². The van der Waals surface area contributed by atoms with Crippen molar-refractivity contribution in [3.05, 3.63) is 52.7 Å². The lowest BCUT2D eigenvalue weighted by Crippen LogP contribution is -2.35. The lowest BCUT2D eigenvalue weighted by molar-refractivity contribution is 0.0981. The Kier molecular flexibility index (Phi) is 3.10. The molecule has 0 radical (unpaired) electrons. The van der Waals surface area contributed by atoms with Crippen LogP contribution in [0.15, 0.2) is 36.5 Å². The summed E-state index contributed by atoms with van der Waals surface area (Å²) in [6.07, 6.45) is 2.33. The molecular weight excluding hydrogens is 274 g/mol. The van der Waals surface area contributed by atoms with E-state index in [1.807, 2.05) is 31.2 Å². The molecule has 102 valence electrons. The van der Waals surface area contributed by atoms with Crippen LogP contribution in [0.1, 0.15) is 22.8 Å².